The van der Waals surface area contributed by atoms with E-state index >= 15 is 0 Å². The first kappa shape index (κ1) is 15.3. The van der Waals surface area contributed by atoms with E-state index in [1.807, 2.05) is 39.1 Å². The van der Waals surface area contributed by atoms with Crippen molar-refractivity contribution in [1.82, 2.24) is 5.32 Å². The van der Waals surface area contributed by atoms with Gasteiger partial charge >= 0.3 is 0 Å². The average molecular weight is 262 g/mol. The van der Waals surface area contributed by atoms with Crippen LogP contribution in [-0.2, 0) is 6.54 Å². The summed E-state index contributed by atoms with van der Waals surface area (Å²) in [4.78, 5) is 0. The molecule has 0 amide bonds. The van der Waals surface area contributed by atoms with E-state index in [-0.39, 0.29) is 5.41 Å². The van der Waals surface area contributed by atoms with Crippen LogP contribution in [0.25, 0.3) is 0 Å². The summed E-state index contributed by atoms with van der Waals surface area (Å²) in [5.74, 6) is 1.58. The van der Waals surface area contributed by atoms with Crippen LogP contribution in [0.5, 0.6) is 11.5 Å². The van der Waals surface area contributed by atoms with E-state index in [2.05, 4.69) is 11.4 Å². The molecule has 104 valence electrons. The minimum absolute atomic E-state index is 0.359. The molecule has 0 bridgehead atoms. The van der Waals surface area contributed by atoms with Gasteiger partial charge in [0.2, 0.25) is 0 Å². The van der Waals surface area contributed by atoms with Gasteiger partial charge in [-0.1, -0.05) is 6.07 Å². The van der Waals surface area contributed by atoms with Gasteiger partial charge in [0, 0.05) is 18.2 Å². The van der Waals surface area contributed by atoms with Crippen molar-refractivity contribution in [2.24, 2.45) is 5.41 Å². The van der Waals surface area contributed by atoms with Crippen molar-refractivity contribution >= 4 is 0 Å². The molecule has 0 saturated heterocycles. The molecule has 0 heterocycles. The zero-order valence-corrected chi connectivity index (χ0v) is 12.1. The second kappa shape index (κ2) is 7.01. The summed E-state index contributed by atoms with van der Waals surface area (Å²) in [5, 5.41) is 12.1. The maximum atomic E-state index is 8.98. The van der Waals surface area contributed by atoms with Crippen molar-refractivity contribution < 1.29 is 9.47 Å². The Morgan fingerprint density at radius 3 is 2.68 bits per heavy atom. The van der Waals surface area contributed by atoms with Crippen molar-refractivity contribution in [1.29, 1.82) is 5.26 Å². The number of ether oxygens (including phenoxy) is 2. The molecule has 0 aliphatic rings. The molecule has 0 aliphatic heterocycles. The van der Waals surface area contributed by atoms with Gasteiger partial charge in [-0.05, 0) is 33.4 Å². The van der Waals surface area contributed by atoms with Crippen LogP contribution in [0.2, 0.25) is 0 Å². The number of nitrogens with one attached hydrogen (secondary N) is 1. The molecule has 19 heavy (non-hydrogen) atoms. The average Bonchev–Trinajstić information content (AvgIpc) is 2.40. The maximum absolute atomic E-state index is 8.98. The number of benzene rings is 1. The number of methoxy groups -OCH3 is 1. The Kier molecular flexibility index (Phi) is 5.65. The van der Waals surface area contributed by atoms with Gasteiger partial charge in [-0.25, -0.2) is 0 Å². The van der Waals surface area contributed by atoms with Gasteiger partial charge in [-0.3, -0.25) is 0 Å². The fourth-order valence-corrected chi connectivity index (χ4v) is 1.60. The van der Waals surface area contributed by atoms with Crippen molar-refractivity contribution in [3.8, 4) is 17.6 Å². The predicted molar refractivity (Wildman–Crippen MR) is 75.3 cm³/mol. The van der Waals surface area contributed by atoms with E-state index in [1.165, 1.54) is 0 Å². The topological polar surface area (TPSA) is 54.3 Å². The third-order valence-electron chi connectivity index (χ3n) is 2.93. The van der Waals surface area contributed by atoms with E-state index in [0.29, 0.717) is 13.0 Å². The monoisotopic (exact) mass is 262 g/mol. The lowest BCUT2D eigenvalue weighted by Gasteiger charge is -2.17. The van der Waals surface area contributed by atoms with Crippen LogP contribution in [-0.4, -0.2) is 20.8 Å². The first-order valence-corrected chi connectivity index (χ1v) is 6.38. The largest absolute Gasteiger partial charge is 0.497 e. The molecule has 1 N–H and O–H groups in total. The molecule has 1 aromatic rings. The van der Waals surface area contributed by atoms with Crippen LogP contribution in [0.3, 0.4) is 0 Å². The van der Waals surface area contributed by atoms with Gasteiger partial charge in [-0.2, -0.15) is 5.26 Å². The van der Waals surface area contributed by atoms with Gasteiger partial charge in [0.1, 0.15) is 11.5 Å². The highest BCUT2D eigenvalue weighted by molar-refractivity contribution is 5.40. The SMILES string of the molecule is CNCc1ccc(OC)cc1OCCC(C)(C)C#N. The normalized spacial score (nSPS) is 10.9. The lowest BCUT2D eigenvalue weighted by molar-refractivity contribution is 0.261. The lowest BCUT2D eigenvalue weighted by Crippen LogP contribution is -2.14. The van der Waals surface area contributed by atoms with Crippen molar-refractivity contribution in [2.45, 2.75) is 26.8 Å². The van der Waals surface area contributed by atoms with Crippen LogP contribution >= 0.6 is 0 Å². The van der Waals surface area contributed by atoms with Crippen LogP contribution in [0.1, 0.15) is 25.8 Å². The van der Waals surface area contributed by atoms with Crippen molar-refractivity contribution in [2.75, 3.05) is 20.8 Å². The zero-order valence-electron chi connectivity index (χ0n) is 12.1. The second-order valence-corrected chi connectivity index (χ2v) is 5.10. The van der Waals surface area contributed by atoms with E-state index < -0.39 is 0 Å². The molecule has 0 unspecified atom stereocenters. The highest BCUT2D eigenvalue weighted by Gasteiger charge is 2.16. The Balaban J connectivity index is 2.72. The lowest BCUT2D eigenvalue weighted by atomic mass is 9.92. The fraction of sp³-hybridized carbons (Fsp3) is 0.533. The smallest absolute Gasteiger partial charge is 0.127 e. The van der Waals surface area contributed by atoms with Crippen LogP contribution in [0.4, 0.5) is 0 Å². The third-order valence-corrected chi connectivity index (χ3v) is 2.93. The minimum atomic E-state index is -0.359. The summed E-state index contributed by atoms with van der Waals surface area (Å²) < 4.78 is 11.0. The standard InChI is InChI=1S/C15H22N2O2/c1-15(2,11-16)7-8-19-14-9-13(18-4)6-5-12(14)10-17-3/h5-6,9,17H,7-8,10H2,1-4H3. The quantitative estimate of drug-likeness (QED) is 0.821. The molecule has 0 aromatic heterocycles. The van der Waals surface area contributed by atoms with E-state index in [9.17, 15) is 0 Å². The molecule has 4 heteroatoms. The van der Waals surface area contributed by atoms with Gasteiger partial charge < -0.3 is 14.8 Å². The molecule has 0 atom stereocenters. The van der Waals surface area contributed by atoms with Crippen molar-refractivity contribution in [3.05, 3.63) is 23.8 Å². The van der Waals surface area contributed by atoms with Gasteiger partial charge in [-0.15, -0.1) is 0 Å². The summed E-state index contributed by atoms with van der Waals surface area (Å²) in [6, 6.07) is 8.06. The Morgan fingerprint density at radius 1 is 1.37 bits per heavy atom. The zero-order chi connectivity index (χ0) is 14.3. The molecule has 0 fully saturated rings. The number of hydrogen-bond donors (Lipinski definition) is 1. The summed E-state index contributed by atoms with van der Waals surface area (Å²) >= 11 is 0. The van der Waals surface area contributed by atoms with Gasteiger partial charge in [0.25, 0.3) is 0 Å². The highest BCUT2D eigenvalue weighted by Crippen LogP contribution is 2.26. The van der Waals surface area contributed by atoms with Crippen LogP contribution in [0, 0.1) is 16.7 Å². The second-order valence-electron chi connectivity index (χ2n) is 5.10. The predicted octanol–water partition coefficient (Wildman–Crippen LogP) is 2.73. The van der Waals surface area contributed by atoms with Crippen molar-refractivity contribution in [3.63, 3.8) is 0 Å². The van der Waals surface area contributed by atoms with Crippen LogP contribution in [0.15, 0.2) is 18.2 Å². The molecule has 0 saturated carbocycles. The fourth-order valence-electron chi connectivity index (χ4n) is 1.60. The molecule has 1 aromatic carbocycles. The molecule has 0 radical (unpaired) electrons. The molecular formula is C15H22N2O2. The molecule has 4 nitrogen and oxygen atoms in total. The number of rotatable bonds is 7. The van der Waals surface area contributed by atoms with E-state index in [1.54, 1.807) is 7.11 Å². The molecule has 0 aliphatic carbocycles. The minimum Gasteiger partial charge on any atom is -0.497 e. The summed E-state index contributed by atoms with van der Waals surface area (Å²) in [6.45, 7) is 5.08. The number of nitriles is 1. The Bertz CT molecular complexity index is 450. The van der Waals surface area contributed by atoms with E-state index in [0.717, 1.165) is 23.6 Å². The maximum Gasteiger partial charge on any atom is 0.127 e. The first-order valence-electron chi connectivity index (χ1n) is 6.38. The number of nitrogens with zero attached hydrogens (tertiary/aromatic N) is 1. The summed E-state index contributed by atoms with van der Waals surface area (Å²) in [7, 11) is 3.53. The van der Waals surface area contributed by atoms with Gasteiger partial charge in [0.15, 0.2) is 0 Å². The van der Waals surface area contributed by atoms with E-state index in [4.69, 9.17) is 14.7 Å². The molecule has 0 spiro atoms. The Labute approximate surface area is 115 Å². The molecule has 1 rings (SSSR count). The van der Waals surface area contributed by atoms with Crippen LogP contribution < -0.4 is 14.8 Å². The Morgan fingerprint density at radius 2 is 2.11 bits per heavy atom. The highest BCUT2D eigenvalue weighted by atomic mass is 16.5. The first-order chi connectivity index (χ1) is 9.02. The van der Waals surface area contributed by atoms with Gasteiger partial charge in [0.05, 0.1) is 25.2 Å². The Hall–Kier alpha value is -1.73. The number of hydrogen-bond acceptors (Lipinski definition) is 4. The summed E-state index contributed by atoms with van der Waals surface area (Å²) in [6.07, 6.45) is 0.694. The molecular weight excluding hydrogens is 240 g/mol. The summed E-state index contributed by atoms with van der Waals surface area (Å²) in [5.41, 5.74) is 0.722. The third kappa shape index (κ3) is 4.80.